The molecule has 2 aromatic heterocycles. The molecule has 0 aliphatic carbocycles. The third-order valence-electron chi connectivity index (χ3n) is 5.43. The highest BCUT2D eigenvalue weighted by molar-refractivity contribution is 7.17. The Kier molecular flexibility index (Phi) is 4.03. The number of pyridine rings is 1. The van der Waals surface area contributed by atoms with E-state index in [9.17, 15) is 4.79 Å². The van der Waals surface area contributed by atoms with Gasteiger partial charge < -0.3 is 5.32 Å². The minimum atomic E-state index is -0.0656. The molecule has 24 heavy (non-hydrogen) atoms. The van der Waals surface area contributed by atoms with Gasteiger partial charge >= 0.3 is 0 Å². The summed E-state index contributed by atoms with van der Waals surface area (Å²) in [6, 6.07) is 2.52. The normalized spacial score (nSPS) is 28.4. The van der Waals surface area contributed by atoms with Crippen molar-refractivity contribution >= 4 is 27.3 Å². The predicted molar refractivity (Wildman–Crippen MR) is 97.2 cm³/mol. The Balaban J connectivity index is 1.59. The number of amides is 1. The van der Waals surface area contributed by atoms with Crippen molar-refractivity contribution in [3.05, 3.63) is 28.9 Å². The molecule has 0 aromatic carbocycles. The van der Waals surface area contributed by atoms with E-state index in [0.29, 0.717) is 17.7 Å². The summed E-state index contributed by atoms with van der Waals surface area (Å²) < 4.78 is 1.07. The van der Waals surface area contributed by atoms with Gasteiger partial charge in [-0.05, 0) is 51.8 Å². The largest absolute Gasteiger partial charge is 0.346 e. The number of fused-ring (bicyclic) bond motifs is 4. The van der Waals surface area contributed by atoms with E-state index >= 15 is 0 Å². The summed E-state index contributed by atoms with van der Waals surface area (Å²) in [4.78, 5) is 19.6. The third-order valence-corrected chi connectivity index (χ3v) is 6.36. The molecule has 5 rings (SSSR count). The topological polar surface area (TPSA) is 45.2 Å². The first-order valence-electron chi connectivity index (χ1n) is 8.52. The Labute approximate surface area is 146 Å². The predicted octanol–water partition coefficient (Wildman–Crippen LogP) is 2.88. The molecule has 2 atom stereocenters. The van der Waals surface area contributed by atoms with Gasteiger partial charge in [-0.25, -0.2) is 4.98 Å². The zero-order chi connectivity index (χ0) is 16.7. The first kappa shape index (κ1) is 15.6. The lowest BCUT2D eigenvalue weighted by atomic mass is 9.79. The smallest absolute Gasteiger partial charge is 0.270 e. The van der Waals surface area contributed by atoms with E-state index < -0.39 is 0 Å². The molecule has 124 valence electrons. The number of carbonyl (C=O) groups excluding carboxylic acids is 1. The number of hydrogen-bond acceptors (Lipinski definition) is 4. The number of aromatic nitrogens is 1. The van der Waals surface area contributed by atoms with Gasteiger partial charge in [-0.1, -0.05) is 5.92 Å². The number of hydrogen-bond donors (Lipinski definition) is 1. The zero-order valence-electron chi connectivity index (χ0n) is 14.0. The van der Waals surface area contributed by atoms with Crippen molar-refractivity contribution in [2.75, 3.05) is 13.1 Å². The van der Waals surface area contributed by atoms with Crippen molar-refractivity contribution in [2.24, 2.45) is 5.92 Å². The molecule has 0 spiro atoms. The molecule has 4 nitrogen and oxygen atoms in total. The summed E-state index contributed by atoms with van der Waals surface area (Å²) in [7, 11) is 0. The maximum absolute atomic E-state index is 12.7. The van der Waals surface area contributed by atoms with Gasteiger partial charge in [0.1, 0.15) is 5.69 Å². The summed E-state index contributed by atoms with van der Waals surface area (Å²) in [5.41, 5.74) is 1.47. The Hall–Kier alpha value is -1.90. The Morgan fingerprint density at radius 3 is 2.92 bits per heavy atom. The van der Waals surface area contributed by atoms with Crippen LogP contribution in [0.1, 0.15) is 42.7 Å². The van der Waals surface area contributed by atoms with Crippen molar-refractivity contribution in [2.45, 2.75) is 38.8 Å². The van der Waals surface area contributed by atoms with Crippen LogP contribution in [0.15, 0.2) is 17.6 Å². The van der Waals surface area contributed by atoms with E-state index in [1.54, 1.807) is 17.5 Å². The molecule has 2 bridgehead atoms. The van der Waals surface area contributed by atoms with Crippen molar-refractivity contribution in [3.63, 3.8) is 0 Å². The minimum Gasteiger partial charge on any atom is -0.346 e. The number of thiophene rings is 1. The summed E-state index contributed by atoms with van der Waals surface area (Å²) in [6.45, 7) is 6.38. The van der Waals surface area contributed by atoms with Gasteiger partial charge in [0.2, 0.25) is 0 Å². The van der Waals surface area contributed by atoms with Crippen molar-refractivity contribution in [1.29, 1.82) is 0 Å². The first-order valence-corrected chi connectivity index (χ1v) is 9.40. The van der Waals surface area contributed by atoms with E-state index in [1.165, 1.54) is 12.8 Å². The zero-order valence-corrected chi connectivity index (χ0v) is 14.8. The molecule has 3 aliphatic heterocycles. The molecule has 0 saturated carbocycles. The van der Waals surface area contributed by atoms with Crippen LogP contribution in [0.4, 0.5) is 0 Å². The van der Waals surface area contributed by atoms with Crippen LogP contribution in [-0.2, 0) is 0 Å². The molecule has 5 heteroatoms. The van der Waals surface area contributed by atoms with E-state index in [-0.39, 0.29) is 11.9 Å². The lowest BCUT2D eigenvalue weighted by Crippen LogP contribution is -2.62. The fourth-order valence-electron chi connectivity index (χ4n) is 4.06. The van der Waals surface area contributed by atoms with Gasteiger partial charge in [0.15, 0.2) is 0 Å². The average molecular weight is 339 g/mol. The molecule has 5 heterocycles. The fraction of sp³-hybridized carbons (Fsp3) is 0.474. The van der Waals surface area contributed by atoms with Gasteiger partial charge in [-0.3, -0.25) is 9.69 Å². The Morgan fingerprint density at radius 1 is 1.42 bits per heavy atom. The molecule has 3 aliphatic rings. The van der Waals surface area contributed by atoms with Gasteiger partial charge in [-0.15, -0.1) is 17.3 Å². The number of nitrogens with one attached hydrogen (secondary N) is 1. The van der Waals surface area contributed by atoms with Crippen LogP contribution in [0.25, 0.3) is 10.1 Å². The minimum absolute atomic E-state index is 0.0656. The monoisotopic (exact) mass is 339 g/mol. The van der Waals surface area contributed by atoms with E-state index in [4.69, 9.17) is 0 Å². The summed E-state index contributed by atoms with van der Waals surface area (Å²) >= 11 is 1.62. The number of piperidine rings is 3. The van der Waals surface area contributed by atoms with Crippen molar-refractivity contribution in [3.8, 4) is 11.8 Å². The second-order valence-corrected chi connectivity index (χ2v) is 7.61. The maximum Gasteiger partial charge on any atom is 0.270 e. The standard InChI is InChI=1S/C19H21N3OS/c1-3-4-14-11-24-17-10-20-16(9-15(14)17)19(23)21-18-12(2)22-7-5-13(18)6-8-22/h9-13,18H,5-8H2,1-2H3,(H,21,23). The molecule has 1 amide bonds. The molecule has 1 N–H and O–H groups in total. The quantitative estimate of drug-likeness (QED) is 0.856. The molecular formula is C19H21N3OS. The molecule has 0 radical (unpaired) electrons. The highest BCUT2D eigenvalue weighted by atomic mass is 32.1. The molecule has 3 fully saturated rings. The summed E-state index contributed by atoms with van der Waals surface area (Å²) in [6.07, 6.45) is 4.15. The second-order valence-electron chi connectivity index (χ2n) is 6.70. The van der Waals surface area contributed by atoms with E-state index in [1.807, 2.05) is 18.4 Å². The van der Waals surface area contributed by atoms with Crippen LogP contribution >= 0.6 is 11.3 Å². The van der Waals surface area contributed by atoms with Crippen molar-refractivity contribution in [1.82, 2.24) is 15.2 Å². The highest BCUT2D eigenvalue weighted by Crippen LogP contribution is 2.32. The first-order chi connectivity index (χ1) is 11.7. The number of nitrogens with zero attached hydrogens (tertiary/aromatic N) is 2. The van der Waals surface area contributed by atoms with Crippen LogP contribution in [0.5, 0.6) is 0 Å². The summed E-state index contributed by atoms with van der Waals surface area (Å²) in [5.74, 6) is 6.56. The molecule has 3 saturated heterocycles. The maximum atomic E-state index is 12.7. The van der Waals surface area contributed by atoms with Crippen LogP contribution in [-0.4, -0.2) is 41.0 Å². The van der Waals surface area contributed by atoms with Gasteiger partial charge in [0.25, 0.3) is 5.91 Å². The van der Waals surface area contributed by atoms with Gasteiger partial charge in [0.05, 0.1) is 4.70 Å². The van der Waals surface area contributed by atoms with Gasteiger partial charge in [0, 0.05) is 34.6 Å². The Morgan fingerprint density at radius 2 is 2.21 bits per heavy atom. The SMILES string of the molecule is CC#Cc1csc2cnc(C(=O)NC3C4CCN(CC4)C3C)cc12. The van der Waals surface area contributed by atoms with E-state index in [0.717, 1.165) is 28.7 Å². The number of rotatable bonds is 2. The second kappa shape index (κ2) is 6.19. The van der Waals surface area contributed by atoms with Crippen molar-refractivity contribution < 1.29 is 4.79 Å². The number of carbonyl (C=O) groups is 1. The molecule has 2 unspecified atom stereocenters. The van der Waals surface area contributed by atoms with Crippen LogP contribution < -0.4 is 5.32 Å². The lowest BCUT2D eigenvalue weighted by Gasteiger charge is -2.49. The highest BCUT2D eigenvalue weighted by Gasteiger charge is 2.40. The third kappa shape index (κ3) is 2.60. The summed E-state index contributed by atoms with van der Waals surface area (Å²) in [5, 5.41) is 6.30. The lowest BCUT2D eigenvalue weighted by molar-refractivity contribution is 0.0216. The van der Waals surface area contributed by atoms with E-state index in [2.05, 4.69) is 34.0 Å². The van der Waals surface area contributed by atoms with Crippen LogP contribution in [0.2, 0.25) is 0 Å². The fourth-order valence-corrected chi connectivity index (χ4v) is 4.90. The van der Waals surface area contributed by atoms with Crippen LogP contribution in [0, 0.1) is 17.8 Å². The Bertz CT molecular complexity index is 837. The van der Waals surface area contributed by atoms with Gasteiger partial charge in [-0.2, -0.15) is 0 Å². The molecular weight excluding hydrogens is 318 g/mol. The molecule has 2 aromatic rings. The average Bonchev–Trinajstić information content (AvgIpc) is 3.01. The van der Waals surface area contributed by atoms with Crippen LogP contribution in [0.3, 0.4) is 0 Å².